The summed E-state index contributed by atoms with van der Waals surface area (Å²) in [5, 5.41) is 9.78. The number of halogens is 3. The number of carboxylic acid groups (broad SMARTS) is 1. The van der Waals surface area contributed by atoms with Crippen LogP contribution in [0.3, 0.4) is 0 Å². The van der Waals surface area contributed by atoms with Crippen LogP contribution in [0.1, 0.15) is 23.6 Å². The van der Waals surface area contributed by atoms with Crippen molar-refractivity contribution < 1.29 is 27.8 Å². The summed E-state index contributed by atoms with van der Waals surface area (Å²) < 4.78 is 45.8. The third-order valence-corrected chi connectivity index (χ3v) is 6.01. The summed E-state index contributed by atoms with van der Waals surface area (Å²) in [6.45, 7) is 2.01. The zero-order valence-corrected chi connectivity index (χ0v) is 19.0. The number of nitrogens with zero attached hydrogens (tertiary/aromatic N) is 1. The number of carbonyl (C=O) groups is 1. The monoisotopic (exact) mass is 479 g/mol. The summed E-state index contributed by atoms with van der Waals surface area (Å²) >= 11 is 0. The molecule has 7 heteroatoms. The van der Waals surface area contributed by atoms with Crippen molar-refractivity contribution in [3.63, 3.8) is 0 Å². The van der Waals surface area contributed by atoms with E-state index < -0.39 is 23.2 Å². The fraction of sp³-hybridized carbons (Fsp3) is 0.179. The third kappa shape index (κ3) is 5.57. The molecule has 1 N–H and O–H groups in total. The smallest absolute Gasteiger partial charge is 0.416 e. The van der Waals surface area contributed by atoms with Gasteiger partial charge >= 0.3 is 12.1 Å². The van der Waals surface area contributed by atoms with E-state index in [2.05, 4.69) is 0 Å². The summed E-state index contributed by atoms with van der Waals surface area (Å²) in [5.74, 6) is -0.257. The molecule has 1 atom stereocenters. The summed E-state index contributed by atoms with van der Waals surface area (Å²) in [4.78, 5) is 11.9. The first-order valence-electron chi connectivity index (χ1n) is 11.0. The molecule has 1 aromatic heterocycles. The molecule has 0 spiro atoms. The Hall–Kier alpha value is -4.00. The predicted octanol–water partition coefficient (Wildman–Crippen LogP) is 6.80. The van der Waals surface area contributed by atoms with Crippen LogP contribution in [-0.2, 0) is 29.5 Å². The molecule has 4 nitrogen and oxygen atoms in total. The molecule has 4 rings (SSSR count). The van der Waals surface area contributed by atoms with Crippen LogP contribution in [0.15, 0.2) is 97.3 Å². The molecule has 35 heavy (non-hydrogen) atoms. The average molecular weight is 479 g/mol. The Morgan fingerprint density at radius 1 is 0.829 bits per heavy atom. The van der Waals surface area contributed by atoms with Gasteiger partial charge in [-0.05, 0) is 65.6 Å². The van der Waals surface area contributed by atoms with Gasteiger partial charge in [-0.2, -0.15) is 13.2 Å². The lowest BCUT2D eigenvalue weighted by molar-refractivity contribution is -0.146. The molecule has 3 aromatic carbocycles. The normalized spacial score (nSPS) is 13.3. The Bertz CT molecular complexity index is 1260. The van der Waals surface area contributed by atoms with Crippen molar-refractivity contribution in [2.75, 3.05) is 0 Å². The van der Waals surface area contributed by atoms with E-state index in [0.29, 0.717) is 24.3 Å². The predicted molar refractivity (Wildman–Crippen MR) is 127 cm³/mol. The van der Waals surface area contributed by atoms with Crippen molar-refractivity contribution in [3.8, 4) is 16.9 Å². The molecule has 0 fully saturated rings. The van der Waals surface area contributed by atoms with Crippen molar-refractivity contribution in [1.29, 1.82) is 0 Å². The first-order chi connectivity index (χ1) is 16.6. The van der Waals surface area contributed by atoms with Gasteiger partial charge in [-0.1, -0.05) is 48.5 Å². The minimum atomic E-state index is -4.35. The molecule has 0 aliphatic carbocycles. The number of carboxylic acids is 1. The van der Waals surface area contributed by atoms with Gasteiger partial charge in [0, 0.05) is 18.8 Å². The maximum Gasteiger partial charge on any atom is 0.416 e. The lowest BCUT2D eigenvalue weighted by Gasteiger charge is -2.27. The standard InChI is InChI=1S/C28H24F3NO3/c1-27(26(33)34,32-16-2-3-17-32)18-20-6-14-25(15-7-20)35-19-21-4-8-22(9-5-21)23-10-12-24(13-11-23)28(29,30)31/h2-17H,18-19H2,1H3,(H,33,34)/t27-/m0/s1. The Balaban J connectivity index is 1.36. The molecule has 0 aliphatic heterocycles. The van der Waals surface area contributed by atoms with E-state index in [4.69, 9.17) is 4.74 Å². The van der Waals surface area contributed by atoms with Gasteiger partial charge in [0.25, 0.3) is 0 Å². The number of aromatic nitrogens is 1. The first kappa shape index (κ1) is 24.1. The maximum absolute atomic E-state index is 12.7. The van der Waals surface area contributed by atoms with Crippen LogP contribution in [0.2, 0.25) is 0 Å². The van der Waals surface area contributed by atoms with Crippen LogP contribution >= 0.6 is 0 Å². The Morgan fingerprint density at radius 3 is 1.86 bits per heavy atom. The Labute approximate surface area is 201 Å². The number of alkyl halides is 3. The highest BCUT2D eigenvalue weighted by Crippen LogP contribution is 2.31. The topological polar surface area (TPSA) is 51.5 Å². The SMILES string of the molecule is C[C@](Cc1ccc(OCc2ccc(-c3ccc(C(F)(F)F)cc3)cc2)cc1)(C(=O)O)n1cccc1. The van der Waals surface area contributed by atoms with Gasteiger partial charge in [-0.3, -0.25) is 0 Å². The highest BCUT2D eigenvalue weighted by atomic mass is 19.4. The second kappa shape index (κ2) is 9.70. The average Bonchev–Trinajstić information content (AvgIpc) is 3.39. The second-order valence-electron chi connectivity index (χ2n) is 8.55. The molecule has 0 aliphatic rings. The Kier molecular flexibility index (Phi) is 6.69. The maximum atomic E-state index is 12.7. The van der Waals surface area contributed by atoms with Gasteiger partial charge in [-0.15, -0.1) is 0 Å². The summed E-state index contributed by atoms with van der Waals surface area (Å²) in [5.41, 5.74) is 1.54. The molecule has 0 radical (unpaired) electrons. The van der Waals surface area contributed by atoms with Crippen molar-refractivity contribution in [1.82, 2.24) is 4.57 Å². The van der Waals surface area contributed by atoms with Gasteiger partial charge in [0.15, 0.2) is 0 Å². The van der Waals surface area contributed by atoms with E-state index in [9.17, 15) is 23.1 Å². The van der Waals surface area contributed by atoms with Crippen LogP contribution in [0, 0.1) is 0 Å². The van der Waals surface area contributed by atoms with Crippen molar-refractivity contribution >= 4 is 5.97 Å². The molecule has 0 saturated heterocycles. The van der Waals surface area contributed by atoms with E-state index >= 15 is 0 Å². The van der Waals surface area contributed by atoms with Crippen LogP contribution in [0.25, 0.3) is 11.1 Å². The lowest BCUT2D eigenvalue weighted by atomic mass is 9.92. The third-order valence-electron chi connectivity index (χ3n) is 6.01. The molecule has 4 aromatic rings. The molecular formula is C28H24F3NO3. The van der Waals surface area contributed by atoms with E-state index in [1.54, 1.807) is 36.0 Å². The number of aliphatic carboxylic acids is 1. The molecule has 0 unspecified atom stereocenters. The molecule has 0 amide bonds. The highest BCUT2D eigenvalue weighted by molar-refractivity contribution is 5.76. The second-order valence-corrected chi connectivity index (χ2v) is 8.55. The highest BCUT2D eigenvalue weighted by Gasteiger charge is 2.34. The quantitative estimate of drug-likeness (QED) is 0.303. The van der Waals surface area contributed by atoms with Gasteiger partial charge in [0.2, 0.25) is 0 Å². The van der Waals surface area contributed by atoms with Gasteiger partial charge in [0.1, 0.15) is 17.9 Å². The fourth-order valence-corrected chi connectivity index (χ4v) is 3.85. The minimum Gasteiger partial charge on any atom is -0.489 e. The van der Waals surface area contributed by atoms with E-state index in [1.807, 2.05) is 48.5 Å². The van der Waals surface area contributed by atoms with Crippen LogP contribution < -0.4 is 4.74 Å². The van der Waals surface area contributed by atoms with E-state index in [1.165, 1.54) is 12.1 Å². The summed E-state index contributed by atoms with van der Waals surface area (Å²) in [7, 11) is 0. The largest absolute Gasteiger partial charge is 0.489 e. The zero-order chi connectivity index (χ0) is 25.1. The Morgan fingerprint density at radius 2 is 1.34 bits per heavy atom. The van der Waals surface area contributed by atoms with Gasteiger partial charge in [0.05, 0.1) is 5.56 Å². The molecule has 1 heterocycles. The number of benzene rings is 3. The zero-order valence-electron chi connectivity index (χ0n) is 19.0. The van der Waals surface area contributed by atoms with Crippen LogP contribution in [0.4, 0.5) is 13.2 Å². The van der Waals surface area contributed by atoms with Crippen LogP contribution in [-0.4, -0.2) is 15.6 Å². The first-order valence-corrected chi connectivity index (χ1v) is 11.0. The van der Waals surface area contributed by atoms with Gasteiger partial charge in [-0.25, -0.2) is 4.79 Å². The summed E-state index contributed by atoms with van der Waals surface area (Å²) in [6, 6.07) is 23.4. The van der Waals surface area contributed by atoms with Crippen molar-refractivity contribution in [3.05, 3.63) is 114 Å². The van der Waals surface area contributed by atoms with E-state index in [0.717, 1.165) is 28.8 Å². The van der Waals surface area contributed by atoms with Crippen LogP contribution in [0.5, 0.6) is 5.75 Å². The number of ether oxygens (including phenoxy) is 1. The number of hydrogen-bond donors (Lipinski definition) is 1. The lowest BCUT2D eigenvalue weighted by Crippen LogP contribution is -2.40. The molecule has 180 valence electrons. The molecule has 0 saturated carbocycles. The van der Waals surface area contributed by atoms with E-state index in [-0.39, 0.29) is 0 Å². The van der Waals surface area contributed by atoms with Crippen molar-refractivity contribution in [2.45, 2.75) is 31.7 Å². The minimum absolute atomic E-state index is 0.322. The molecular weight excluding hydrogens is 455 g/mol. The van der Waals surface area contributed by atoms with Crippen molar-refractivity contribution in [2.24, 2.45) is 0 Å². The van der Waals surface area contributed by atoms with Gasteiger partial charge < -0.3 is 14.4 Å². The fourth-order valence-electron chi connectivity index (χ4n) is 3.85. The molecule has 0 bridgehead atoms. The number of rotatable bonds is 8. The number of hydrogen-bond acceptors (Lipinski definition) is 2. The summed E-state index contributed by atoms with van der Waals surface area (Å²) in [6.07, 6.45) is -0.540.